The molecule has 2 aliphatic heterocycles. The third kappa shape index (κ3) is 7.12. The largest absolute Gasteiger partial charge is 0.401 e. The molecule has 4 nitrogen and oxygen atoms in total. The lowest BCUT2D eigenvalue weighted by atomic mass is 10.2. The van der Waals surface area contributed by atoms with E-state index in [1.165, 1.54) is 23.5 Å². The minimum absolute atomic E-state index is 0. The zero-order valence-corrected chi connectivity index (χ0v) is 15.8. The van der Waals surface area contributed by atoms with Crippen LogP contribution in [0.15, 0.2) is 4.99 Å². The highest BCUT2D eigenvalue weighted by atomic mass is 127. The van der Waals surface area contributed by atoms with Crippen LogP contribution in [0.3, 0.4) is 0 Å². The van der Waals surface area contributed by atoms with Crippen LogP contribution in [0, 0.1) is 0 Å². The summed E-state index contributed by atoms with van der Waals surface area (Å²) in [5.74, 6) is 1.91. The van der Waals surface area contributed by atoms with Gasteiger partial charge in [-0.25, -0.2) is 0 Å². The van der Waals surface area contributed by atoms with Gasteiger partial charge in [-0.05, 0) is 25.0 Å². The van der Waals surface area contributed by atoms with Gasteiger partial charge < -0.3 is 10.6 Å². The summed E-state index contributed by atoms with van der Waals surface area (Å²) in [5.41, 5.74) is 0. The molecule has 0 aliphatic carbocycles. The number of hydrogen-bond acceptors (Lipinski definition) is 3. The minimum atomic E-state index is -4.12. The van der Waals surface area contributed by atoms with Crippen LogP contribution < -0.4 is 10.6 Å². The van der Waals surface area contributed by atoms with Crippen LogP contribution in [0.1, 0.15) is 19.3 Å². The molecule has 9 heteroatoms. The quantitative estimate of drug-likeness (QED) is 0.390. The maximum absolute atomic E-state index is 12.4. The van der Waals surface area contributed by atoms with Gasteiger partial charge in [-0.1, -0.05) is 0 Å². The van der Waals surface area contributed by atoms with E-state index in [4.69, 9.17) is 0 Å². The number of nitrogens with one attached hydrogen (secondary N) is 2. The molecule has 0 aromatic rings. The van der Waals surface area contributed by atoms with E-state index in [2.05, 4.69) is 15.6 Å². The summed E-state index contributed by atoms with van der Waals surface area (Å²) in [6.45, 7) is 0.935. The number of alkyl halides is 3. The second-order valence-electron chi connectivity index (χ2n) is 5.57. The van der Waals surface area contributed by atoms with Gasteiger partial charge in [0.15, 0.2) is 5.96 Å². The summed E-state index contributed by atoms with van der Waals surface area (Å²) < 4.78 is 37.1. The van der Waals surface area contributed by atoms with Crippen molar-refractivity contribution in [3.05, 3.63) is 0 Å². The van der Waals surface area contributed by atoms with E-state index in [1.54, 1.807) is 7.05 Å². The minimum Gasteiger partial charge on any atom is -0.355 e. The number of rotatable bonds is 4. The number of nitrogens with zero attached hydrogens (tertiary/aromatic N) is 2. The van der Waals surface area contributed by atoms with Gasteiger partial charge in [0, 0.05) is 38.0 Å². The van der Waals surface area contributed by atoms with E-state index in [9.17, 15) is 13.2 Å². The predicted molar refractivity (Wildman–Crippen MR) is 96.3 cm³/mol. The van der Waals surface area contributed by atoms with Crippen molar-refractivity contribution in [3.8, 4) is 0 Å². The van der Waals surface area contributed by atoms with Crippen molar-refractivity contribution >= 4 is 41.7 Å². The van der Waals surface area contributed by atoms with Gasteiger partial charge in [0.2, 0.25) is 0 Å². The SMILES string of the molecule is CN=C(NCC1CCCS1)NC1CCN(CC(F)(F)F)C1.I. The predicted octanol–water partition coefficient (Wildman–Crippen LogP) is 2.30. The number of hydrogen-bond donors (Lipinski definition) is 2. The molecule has 2 atom stereocenters. The summed E-state index contributed by atoms with van der Waals surface area (Å²) in [6.07, 6.45) is -0.918. The molecule has 2 unspecified atom stereocenters. The third-order valence-electron chi connectivity index (χ3n) is 3.76. The molecule has 2 N–H and O–H groups in total. The van der Waals surface area contributed by atoms with E-state index in [-0.39, 0.29) is 30.0 Å². The van der Waals surface area contributed by atoms with Crippen LogP contribution in [-0.4, -0.2) is 67.3 Å². The lowest BCUT2D eigenvalue weighted by molar-refractivity contribution is -0.143. The highest BCUT2D eigenvalue weighted by Gasteiger charge is 2.34. The van der Waals surface area contributed by atoms with Gasteiger partial charge in [0.05, 0.1) is 6.54 Å². The molecule has 0 amide bonds. The third-order valence-corrected chi connectivity index (χ3v) is 5.16. The molecule has 0 aromatic heterocycles. The Morgan fingerprint density at radius 1 is 1.36 bits per heavy atom. The Labute approximate surface area is 151 Å². The molecule has 0 saturated carbocycles. The molecule has 130 valence electrons. The summed E-state index contributed by atoms with van der Waals surface area (Å²) in [4.78, 5) is 5.60. The zero-order valence-electron chi connectivity index (χ0n) is 12.7. The molecule has 2 heterocycles. The molecule has 2 rings (SSSR count). The average Bonchev–Trinajstić information content (AvgIpc) is 3.04. The number of halogens is 4. The topological polar surface area (TPSA) is 39.7 Å². The molecule has 2 fully saturated rings. The van der Waals surface area contributed by atoms with Crippen molar-refractivity contribution in [3.63, 3.8) is 0 Å². The van der Waals surface area contributed by atoms with Gasteiger partial charge in [-0.15, -0.1) is 24.0 Å². The monoisotopic (exact) mass is 452 g/mol. The molecule has 2 saturated heterocycles. The number of guanidine groups is 1. The second-order valence-corrected chi connectivity index (χ2v) is 6.98. The molecule has 0 bridgehead atoms. The molecular weight excluding hydrogens is 428 g/mol. The maximum Gasteiger partial charge on any atom is 0.401 e. The number of likely N-dealkylation sites (tertiary alicyclic amines) is 1. The van der Waals surface area contributed by atoms with Gasteiger partial charge in [0.1, 0.15) is 0 Å². The second kappa shape index (κ2) is 9.41. The smallest absolute Gasteiger partial charge is 0.355 e. The van der Waals surface area contributed by atoms with Gasteiger partial charge in [0.25, 0.3) is 0 Å². The van der Waals surface area contributed by atoms with Crippen molar-refractivity contribution in [1.29, 1.82) is 0 Å². The molecule has 2 aliphatic rings. The lowest BCUT2D eigenvalue weighted by Gasteiger charge is -2.20. The lowest BCUT2D eigenvalue weighted by Crippen LogP contribution is -2.46. The van der Waals surface area contributed by atoms with E-state index >= 15 is 0 Å². The summed E-state index contributed by atoms with van der Waals surface area (Å²) in [6, 6.07) is 0.0368. The fourth-order valence-corrected chi connectivity index (χ4v) is 3.95. The van der Waals surface area contributed by atoms with Crippen LogP contribution >= 0.6 is 35.7 Å². The van der Waals surface area contributed by atoms with Crippen molar-refractivity contribution in [2.24, 2.45) is 4.99 Å². The Hall–Kier alpha value is 0.1000. The molecule has 22 heavy (non-hydrogen) atoms. The van der Waals surface area contributed by atoms with E-state index < -0.39 is 12.7 Å². The fraction of sp³-hybridized carbons (Fsp3) is 0.923. The highest BCUT2D eigenvalue weighted by Crippen LogP contribution is 2.25. The van der Waals surface area contributed by atoms with E-state index in [0.29, 0.717) is 24.3 Å². The van der Waals surface area contributed by atoms with Gasteiger partial charge >= 0.3 is 6.18 Å². The molecule has 0 aromatic carbocycles. The van der Waals surface area contributed by atoms with E-state index in [1.807, 2.05) is 11.8 Å². The standard InChI is InChI=1S/C13H23F3N4S.HI/c1-17-12(18-7-11-3-2-6-21-11)19-10-4-5-20(8-10)9-13(14,15)16;/h10-11H,2-9H2,1H3,(H2,17,18,19);1H. The fourth-order valence-electron chi connectivity index (χ4n) is 2.75. The van der Waals surface area contributed by atoms with Crippen molar-refractivity contribution in [2.45, 2.75) is 36.7 Å². The summed E-state index contributed by atoms with van der Waals surface area (Å²) in [7, 11) is 1.69. The first-order valence-corrected chi connectivity index (χ1v) is 8.39. The Morgan fingerprint density at radius 3 is 2.73 bits per heavy atom. The normalized spacial score (nSPS) is 26.8. The first kappa shape index (κ1) is 20.1. The Morgan fingerprint density at radius 2 is 2.14 bits per heavy atom. The Kier molecular flexibility index (Phi) is 8.62. The molecular formula is C13H24F3IN4S. The van der Waals surface area contributed by atoms with Crippen LogP contribution in [0.25, 0.3) is 0 Å². The highest BCUT2D eigenvalue weighted by molar-refractivity contribution is 14.0. The van der Waals surface area contributed by atoms with Crippen LogP contribution in [-0.2, 0) is 0 Å². The van der Waals surface area contributed by atoms with Crippen molar-refractivity contribution in [1.82, 2.24) is 15.5 Å². The molecule has 0 radical (unpaired) electrons. The van der Waals surface area contributed by atoms with Crippen LogP contribution in [0.5, 0.6) is 0 Å². The first-order chi connectivity index (χ1) is 9.96. The Balaban J connectivity index is 0.00000242. The van der Waals surface area contributed by atoms with Crippen molar-refractivity contribution in [2.75, 3.05) is 39.0 Å². The van der Waals surface area contributed by atoms with E-state index in [0.717, 1.165) is 13.0 Å². The van der Waals surface area contributed by atoms with Crippen LogP contribution in [0.4, 0.5) is 13.2 Å². The number of thioether (sulfide) groups is 1. The Bertz CT molecular complexity index is 362. The summed E-state index contributed by atoms with van der Waals surface area (Å²) >= 11 is 1.97. The van der Waals surface area contributed by atoms with Gasteiger partial charge in [-0.2, -0.15) is 24.9 Å². The average molecular weight is 452 g/mol. The maximum atomic E-state index is 12.4. The zero-order chi connectivity index (χ0) is 15.3. The van der Waals surface area contributed by atoms with Crippen LogP contribution in [0.2, 0.25) is 0 Å². The summed E-state index contributed by atoms with van der Waals surface area (Å²) in [5, 5.41) is 7.12. The van der Waals surface area contributed by atoms with Crippen molar-refractivity contribution < 1.29 is 13.2 Å². The van der Waals surface area contributed by atoms with Gasteiger partial charge in [-0.3, -0.25) is 9.89 Å². The first-order valence-electron chi connectivity index (χ1n) is 7.34. The number of aliphatic imine (C=N–C) groups is 1. The molecule has 0 spiro atoms.